The van der Waals surface area contributed by atoms with Gasteiger partial charge in [-0.25, -0.2) is 0 Å². The van der Waals surface area contributed by atoms with E-state index in [4.69, 9.17) is 0 Å². The van der Waals surface area contributed by atoms with Gasteiger partial charge in [-0.3, -0.25) is 0 Å². The van der Waals surface area contributed by atoms with Gasteiger partial charge in [-0.15, -0.1) is 0 Å². The zero-order valence-electron chi connectivity index (χ0n) is 36.8. The van der Waals surface area contributed by atoms with E-state index in [1.54, 1.807) is 0 Å². The van der Waals surface area contributed by atoms with Gasteiger partial charge in [-0.05, 0) is 147 Å². The van der Waals surface area contributed by atoms with E-state index in [0.29, 0.717) is 0 Å². The van der Waals surface area contributed by atoms with Crippen LogP contribution in [0.25, 0.3) is 55.6 Å². The van der Waals surface area contributed by atoms with Gasteiger partial charge in [-0.2, -0.15) is 0 Å². The third kappa shape index (κ3) is 7.63. The number of hydrogen-bond donors (Lipinski definition) is 0. The van der Waals surface area contributed by atoms with Gasteiger partial charge < -0.3 is 4.90 Å². The van der Waals surface area contributed by atoms with Crippen LogP contribution in [0.1, 0.15) is 75.5 Å². The minimum atomic E-state index is -0.138. The van der Waals surface area contributed by atoms with E-state index >= 15 is 0 Å². The average molecular weight is 816 g/mol. The third-order valence-corrected chi connectivity index (χ3v) is 14.9. The maximum absolute atomic E-state index is 2.53. The Labute approximate surface area is 375 Å². The molecule has 0 heterocycles. The predicted molar refractivity (Wildman–Crippen MR) is 267 cm³/mol. The molecule has 310 valence electrons. The van der Waals surface area contributed by atoms with Crippen LogP contribution in [0.15, 0.2) is 194 Å². The van der Waals surface area contributed by atoms with Crippen LogP contribution in [0.5, 0.6) is 0 Å². The molecule has 2 fully saturated rings. The van der Waals surface area contributed by atoms with E-state index in [1.807, 2.05) is 0 Å². The number of anilines is 3. The maximum Gasteiger partial charge on any atom is 0.0618 e. The van der Waals surface area contributed by atoms with Crippen LogP contribution >= 0.6 is 0 Å². The van der Waals surface area contributed by atoms with Crippen molar-refractivity contribution < 1.29 is 0 Å². The highest BCUT2D eigenvalue weighted by Crippen LogP contribution is 2.53. The quantitative estimate of drug-likeness (QED) is 0.133. The lowest BCUT2D eigenvalue weighted by molar-refractivity contribution is 0.132. The topological polar surface area (TPSA) is 3.24 Å². The first-order valence-corrected chi connectivity index (χ1v) is 23.5. The van der Waals surface area contributed by atoms with Crippen molar-refractivity contribution in [1.29, 1.82) is 0 Å². The first kappa shape index (κ1) is 39.4. The van der Waals surface area contributed by atoms with Crippen molar-refractivity contribution in [3.05, 3.63) is 211 Å². The van der Waals surface area contributed by atoms with Crippen molar-refractivity contribution in [2.75, 3.05) is 4.90 Å². The van der Waals surface area contributed by atoms with E-state index in [-0.39, 0.29) is 5.41 Å². The molecule has 2 atom stereocenters. The summed E-state index contributed by atoms with van der Waals surface area (Å²) in [5.74, 6) is 2.91. The first-order valence-electron chi connectivity index (χ1n) is 23.5. The van der Waals surface area contributed by atoms with Gasteiger partial charge in [-0.1, -0.05) is 191 Å². The highest BCUT2D eigenvalue weighted by Gasteiger charge is 2.36. The summed E-state index contributed by atoms with van der Waals surface area (Å²) < 4.78 is 0. The van der Waals surface area contributed by atoms with Crippen LogP contribution in [0.2, 0.25) is 0 Å². The number of rotatable bonds is 10. The van der Waals surface area contributed by atoms with E-state index in [0.717, 1.165) is 29.1 Å². The van der Waals surface area contributed by atoms with Gasteiger partial charge in [0.25, 0.3) is 0 Å². The molecule has 0 aromatic heterocycles. The summed E-state index contributed by atoms with van der Waals surface area (Å²) >= 11 is 0. The molecule has 1 heteroatoms. The van der Waals surface area contributed by atoms with Crippen LogP contribution in [-0.2, 0) is 11.8 Å². The molecule has 8 aromatic rings. The van der Waals surface area contributed by atoms with E-state index in [1.165, 1.54) is 129 Å². The Bertz CT molecular complexity index is 2780. The molecule has 1 nitrogen and oxygen atoms in total. The number of benzene rings is 8. The third-order valence-electron chi connectivity index (χ3n) is 14.9. The molecule has 0 radical (unpaired) electrons. The average Bonchev–Trinajstić information content (AvgIpc) is 3.57. The number of aryl methyl sites for hydroxylation is 1. The van der Waals surface area contributed by atoms with Gasteiger partial charge in [0.2, 0.25) is 0 Å². The van der Waals surface area contributed by atoms with Gasteiger partial charge >= 0.3 is 0 Å². The second-order valence-electron chi connectivity index (χ2n) is 19.3. The van der Waals surface area contributed by atoms with E-state index < -0.39 is 0 Å². The fraction of sp³-hybridized carbons (Fsp3) is 0.226. The second-order valence-corrected chi connectivity index (χ2v) is 19.3. The zero-order chi connectivity index (χ0) is 42.3. The molecule has 2 saturated carbocycles. The fourth-order valence-electron chi connectivity index (χ4n) is 11.7. The standard InChI is InChI=1S/C62H57N/c1-62(2)59-24-13-12-23-55(59)56-36-35-54(42-60(56)62)63(53-33-31-49(32-34-53)48-29-27-43(28-30-48)25-26-46-38-44-15-14-16-45(37-44)39-46)61-57(50-19-8-4-9-20-50)40-52(47-17-6-3-7-18-47)41-58(61)51-21-10-5-11-22-51/h3-13,17-24,27-36,40-42,44-46H,14-16,25-26,37-39H2,1-2H3. The highest BCUT2D eigenvalue weighted by atomic mass is 15.1. The summed E-state index contributed by atoms with van der Waals surface area (Å²) in [5.41, 5.74) is 19.8. The molecule has 8 aromatic carbocycles. The molecule has 3 aliphatic carbocycles. The summed E-state index contributed by atoms with van der Waals surface area (Å²) in [6, 6.07) is 72.5. The smallest absolute Gasteiger partial charge is 0.0618 e. The summed E-state index contributed by atoms with van der Waals surface area (Å²) in [7, 11) is 0. The van der Waals surface area contributed by atoms with Gasteiger partial charge in [0, 0.05) is 27.9 Å². The Hall–Kier alpha value is -6.44. The minimum Gasteiger partial charge on any atom is -0.309 e. The van der Waals surface area contributed by atoms with Crippen molar-refractivity contribution in [3.8, 4) is 55.6 Å². The van der Waals surface area contributed by atoms with Gasteiger partial charge in [0.1, 0.15) is 0 Å². The normalized spacial score (nSPS) is 18.3. The molecule has 0 amide bonds. The maximum atomic E-state index is 2.53. The van der Waals surface area contributed by atoms with Crippen molar-refractivity contribution >= 4 is 17.1 Å². The lowest BCUT2D eigenvalue weighted by Crippen LogP contribution is -2.27. The molecule has 2 bridgehead atoms. The van der Waals surface area contributed by atoms with Crippen LogP contribution in [0.4, 0.5) is 17.1 Å². The summed E-state index contributed by atoms with van der Waals surface area (Å²) in [6.07, 6.45) is 11.4. The van der Waals surface area contributed by atoms with Crippen molar-refractivity contribution in [2.45, 2.75) is 70.6 Å². The Morgan fingerprint density at radius 3 is 1.56 bits per heavy atom. The molecule has 0 spiro atoms. The fourth-order valence-corrected chi connectivity index (χ4v) is 11.7. The molecule has 63 heavy (non-hydrogen) atoms. The monoisotopic (exact) mass is 815 g/mol. The van der Waals surface area contributed by atoms with Gasteiger partial charge in [0.05, 0.1) is 5.69 Å². The van der Waals surface area contributed by atoms with E-state index in [2.05, 4.69) is 213 Å². The summed E-state index contributed by atoms with van der Waals surface area (Å²) in [4.78, 5) is 2.53. The number of nitrogens with zero attached hydrogens (tertiary/aromatic N) is 1. The molecule has 2 unspecified atom stereocenters. The number of fused-ring (bicyclic) bond motifs is 5. The van der Waals surface area contributed by atoms with Crippen LogP contribution in [0, 0.1) is 17.8 Å². The van der Waals surface area contributed by atoms with Crippen molar-refractivity contribution in [1.82, 2.24) is 0 Å². The second kappa shape index (κ2) is 16.7. The van der Waals surface area contributed by atoms with Gasteiger partial charge in [0.15, 0.2) is 0 Å². The summed E-state index contributed by atoms with van der Waals surface area (Å²) in [6.45, 7) is 4.76. The lowest BCUT2D eigenvalue weighted by atomic mass is 9.67. The SMILES string of the molecule is CC1(C)c2ccccc2-c2ccc(N(c3ccc(-c4ccc(CCC5CC6CCCC(C6)C5)cc4)cc3)c3c(-c4ccccc4)cc(-c4ccccc4)cc3-c3ccccc3)cc21. The Balaban J connectivity index is 1.03. The zero-order valence-corrected chi connectivity index (χ0v) is 36.8. The predicted octanol–water partition coefficient (Wildman–Crippen LogP) is 17.3. The largest absolute Gasteiger partial charge is 0.309 e. The lowest BCUT2D eigenvalue weighted by Gasteiger charge is -2.39. The molecule has 3 aliphatic rings. The van der Waals surface area contributed by atoms with Crippen LogP contribution < -0.4 is 4.90 Å². The number of hydrogen-bond acceptors (Lipinski definition) is 1. The Morgan fingerprint density at radius 2 is 0.937 bits per heavy atom. The van der Waals surface area contributed by atoms with Crippen LogP contribution in [0.3, 0.4) is 0 Å². The molecule has 0 N–H and O–H groups in total. The molecular formula is C62H57N. The van der Waals surface area contributed by atoms with Crippen molar-refractivity contribution in [3.63, 3.8) is 0 Å². The van der Waals surface area contributed by atoms with E-state index in [9.17, 15) is 0 Å². The molecule has 11 rings (SSSR count). The highest BCUT2D eigenvalue weighted by molar-refractivity contribution is 6.01. The van der Waals surface area contributed by atoms with Crippen LogP contribution in [-0.4, -0.2) is 0 Å². The Kier molecular flexibility index (Phi) is 10.4. The summed E-state index contributed by atoms with van der Waals surface area (Å²) in [5, 5.41) is 0. The molecule has 0 aliphatic heterocycles. The Morgan fingerprint density at radius 1 is 0.429 bits per heavy atom. The first-order chi connectivity index (χ1) is 31.0. The molecule has 0 saturated heterocycles. The van der Waals surface area contributed by atoms with Crippen molar-refractivity contribution in [2.24, 2.45) is 17.8 Å². The molecular weight excluding hydrogens is 759 g/mol. The minimum absolute atomic E-state index is 0.138.